The Kier molecular flexibility index (Phi) is 9.70. The van der Waals surface area contributed by atoms with Crippen molar-refractivity contribution < 1.29 is 9.47 Å². The molecule has 148 valence electrons. The van der Waals surface area contributed by atoms with E-state index in [9.17, 15) is 0 Å². The van der Waals surface area contributed by atoms with Gasteiger partial charge < -0.3 is 25.0 Å². The Labute approximate surface area is 178 Å². The average Bonchev–Trinajstić information content (AvgIpc) is 2.68. The summed E-state index contributed by atoms with van der Waals surface area (Å²) >= 11 is 0. The molecule has 0 atom stereocenters. The molecule has 0 aliphatic carbocycles. The maximum atomic E-state index is 5.43. The van der Waals surface area contributed by atoms with Crippen LogP contribution in [0.5, 0.6) is 11.5 Å². The molecule has 0 amide bonds. The predicted octanol–water partition coefficient (Wildman–Crippen LogP) is 2.65. The number of benzene rings is 1. The van der Waals surface area contributed by atoms with Crippen LogP contribution in [0.4, 0.5) is 5.82 Å². The molecule has 0 spiro atoms. The van der Waals surface area contributed by atoms with E-state index in [2.05, 4.69) is 20.6 Å². The lowest BCUT2D eigenvalue weighted by Crippen LogP contribution is -2.36. The zero-order valence-corrected chi connectivity index (χ0v) is 18.8. The van der Waals surface area contributed by atoms with E-state index in [0.717, 1.165) is 28.4 Å². The van der Waals surface area contributed by atoms with Crippen molar-refractivity contribution in [2.24, 2.45) is 4.99 Å². The second-order valence-electron chi connectivity index (χ2n) is 5.87. The molecular weight excluding hydrogens is 457 g/mol. The number of ether oxygens (including phenoxy) is 2. The summed E-state index contributed by atoms with van der Waals surface area (Å²) in [7, 11) is 8.99. The van der Waals surface area contributed by atoms with Crippen molar-refractivity contribution in [3.8, 4) is 11.5 Å². The summed E-state index contributed by atoms with van der Waals surface area (Å²) in [5.74, 6) is 3.18. The van der Waals surface area contributed by atoms with Gasteiger partial charge in [0.1, 0.15) is 17.3 Å². The van der Waals surface area contributed by atoms with Crippen molar-refractivity contribution in [1.29, 1.82) is 0 Å². The summed E-state index contributed by atoms with van der Waals surface area (Å²) in [6, 6.07) is 9.79. The van der Waals surface area contributed by atoms with Crippen molar-refractivity contribution in [2.75, 3.05) is 40.3 Å². The number of hydrogen-bond acceptors (Lipinski definition) is 5. The van der Waals surface area contributed by atoms with Crippen molar-refractivity contribution in [1.82, 2.24) is 15.6 Å². The fraction of sp³-hybridized carbons (Fsp3) is 0.368. The molecule has 2 aromatic rings. The Morgan fingerprint density at radius 3 is 2.44 bits per heavy atom. The van der Waals surface area contributed by atoms with E-state index in [1.165, 1.54) is 0 Å². The van der Waals surface area contributed by atoms with Gasteiger partial charge in [0.15, 0.2) is 5.96 Å². The fourth-order valence-corrected chi connectivity index (χ4v) is 2.40. The van der Waals surface area contributed by atoms with Crippen LogP contribution in [0, 0.1) is 0 Å². The number of hydrogen-bond donors (Lipinski definition) is 2. The van der Waals surface area contributed by atoms with Gasteiger partial charge >= 0.3 is 0 Å². The van der Waals surface area contributed by atoms with Gasteiger partial charge in [-0.2, -0.15) is 0 Å². The van der Waals surface area contributed by atoms with Crippen molar-refractivity contribution >= 4 is 35.8 Å². The summed E-state index contributed by atoms with van der Waals surface area (Å²) in [4.78, 5) is 10.6. The van der Waals surface area contributed by atoms with E-state index >= 15 is 0 Å². The van der Waals surface area contributed by atoms with E-state index in [1.54, 1.807) is 21.3 Å². The van der Waals surface area contributed by atoms with Crippen LogP contribution in [-0.2, 0) is 13.1 Å². The highest BCUT2D eigenvalue weighted by molar-refractivity contribution is 14.0. The highest BCUT2D eigenvalue weighted by atomic mass is 127. The van der Waals surface area contributed by atoms with Gasteiger partial charge in [0.25, 0.3) is 0 Å². The molecular formula is C19H28IN5O2. The summed E-state index contributed by atoms with van der Waals surface area (Å²) < 4.78 is 10.7. The molecule has 7 nitrogen and oxygen atoms in total. The van der Waals surface area contributed by atoms with Crippen LogP contribution in [0.15, 0.2) is 41.5 Å². The molecule has 27 heavy (non-hydrogen) atoms. The molecule has 2 N–H and O–H groups in total. The number of nitrogens with one attached hydrogen (secondary N) is 2. The Hall–Kier alpha value is -2.23. The molecule has 0 fully saturated rings. The van der Waals surface area contributed by atoms with Crippen LogP contribution in [0.2, 0.25) is 0 Å². The summed E-state index contributed by atoms with van der Waals surface area (Å²) in [5.41, 5.74) is 2.16. The second-order valence-corrected chi connectivity index (χ2v) is 5.87. The van der Waals surface area contributed by atoms with Crippen LogP contribution in [0.1, 0.15) is 11.1 Å². The van der Waals surface area contributed by atoms with Gasteiger partial charge in [-0.05, 0) is 29.8 Å². The third kappa shape index (κ3) is 6.78. The first-order chi connectivity index (χ1) is 12.6. The maximum absolute atomic E-state index is 5.43. The quantitative estimate of drug-likeness (QED) is 0.357. The number of methoxy groups -OCH3 is 2. The van der Waals surface area contributed by atoms with Gasteiger partial charge in [-0.3, -0.25) is 4.99 Å². The van der Waals surface area contributed by atoms with Gasteiger partial charge in [-0.15, -0.1) is 24.0 Å². The second kappa shape index (κ2) is 11.5. The molecule has 1 aromatic heterocycles. The Morgan fingerprint density at radius 1 is 1.07 bits per heavy atom. The third-order valence-corrected chi connectivity index (χ3v) is 3.89. The lowest BCUT2D eigenvalue weighted by molar-refractivity contribution is 0.390. The summed E-state index contributed by atoms with van der Waals surface area (Å²) in [6.07, 6.45) is 1.81. The van der Waals surface area contributed by atoms with Crippen molar-refractivity contribution in [2.45, 2.75) is 13.1 Å². The molecule has 0 radical (unpaired) electrons. The van der Waals surface area contributed by atoms with Crippen LogP contribution in [-0.4, -0.2) is 46.3 Å². The van der Waals surface area contributed by atoms with Gasteiger partial charge in [-0.25, -0.2) is 4.98 Å². The monoisotopic (exact) mass is 485 g/mol. The lowest BCUT2D eigenvalue weighted by atomic mass is 10.2. The van der Waals surface area contributed by atoms with E-state index in [0.29, 0.717) is 19.0 Å². The molecule has 0 aliphatic heterocycles. The molecule has 0 aliphatic rings. The van der Waals surface area contributed by atoms with E-state index in [4.69, 9.17) is 9.47 Å². The highest BCUT2D eigenvalue weighted by Crippen LogP contribution is 2.24. The minimum Gasteiger partial charge on any atom is -0.497 e. The number of rotatable bonds is 7. The van der Waals surface area contributed by atoms with E-state index < -0.39 is 0 Å². The highest BCUT2D eigenvalue weighted by Gasteiger charge is 2.07. The van der Waals surface area contributed by atoms with Gasteiger partial charge in [-0.1, -0.05) is 0 Å². The zero-order chi connectivity index (χ0) is 18.9. The minimum absolute atomic E-state index is 0. The molecule has 2 rings (SSSR count). The topological polar surface area (TPSA) is 71.0 Å². The number of aliphatic imine (C=N–C) groups is 1. The van der Waals surface area contributed by atoms with Crippen LogP contribution in [0.3, 0.4) is 0 Å². The summed E-state index contributed by atoms with van der Waals surface area (Å²) in [6.45, 7) is 1.24. The van der Waals surface area contributed by atoms with Gasteiger partial charge in [0.2, 0.25) is 0 Å². The largest absolute Gasteiger partial charge is 0.497 e. The Balaban J connectivity index is 0.00000364. The first-order valence-electron chi connectivity index (χ1n) is 8.35. The molecule has 0 unspecified atom stereocenters. The number of nitrogens with zero attached hydrogens (tertiary/aromatic N) is 3. The van der Waals surface area contributed by atoms with Crippen molar-refractivity contribution in [3.05, 3.63) is 47.7 Å². The zero-order valence-electron chi connectivity index (χ0n) is 16.4. The fourth-order valence-electron chi connectivity index (χ4n) is 2.40. The third-order valence-electron chi connectivity index (χ3n) is 3.89. The first kappa shape index (κ1) is 22.8. The number of pyridine rings is 1. The smallest absolute Gasteiger partial charge is 0.191 e. The van der Waals surface area contributed by atoms with Gasteiger partial charge in [0, 0.05) is 52.1 Å². The number of anilines is 1. The molecule has 1 aromatic carbocycles. The van der Waals surface area contributed by atoms with E-state index in [-0.39, 0.29) is 24.0 Å². The van der Waals surface area contributed by atoms with Crippen molar-refractivity contribution in [3.63, 3.8) is 0 Å². The van der Waals surface area contributed by atoms with Crippen LogP contribution in [0.25, 0.3) is 0 Å². The minimum atomic E-state index is 0. The predicted molar refractivity (Wildman–Crippen MR) is 121 cm³/mol. The maximum Gasteiger partial charge on any atom is 0.191 e. The first-order valence-corrected chi connectivity index (χ1v) is 8.35. The average molecular weight is 485 g/mol. The number of guanidine groups is 1. The van der Waals surface area contributed by atoms with E-state index in [1.807, 2.05) is 55.5 Å². The SMILES string of the molecule is CN=C(NCc1ccnc(N(C)C)c1)NCc1ccc(OC)cc1OC.I. The summed E-state index contributed by atoms with van der Waals surface area (Å²) in [5, 5.41) is 6.61. The number of aromatic nitrogens is 1. The normalized spacial score (nSPS) is 10.6. The van der Waals surface area contributed by atoms with Crippen LogP contribution >= 0.6 is 24.0 Å². The Bertz CT molecular complexity index is 753. The van der Waals surface area contributed by atoms with Gasteiger partial charge in [0.05, 0.1) is 14.2 Å². The molecule has 0 saturated heterocycles. The molecule has 0 saturated carbocycles. The Morgan fingerprint density at radius 2 is 1.81 bits per heavy atom. The number of halogens is 1. The molecule has 0 bridgehead atoms. The molecule has 1 heterocycles. The van der Waals surface area contributed by atoms with Crippen LogP contribution < -0.4 is 25.0 Å². The molecule has 8 heteroatoms. The standard InChI is InChI=1S/C19H27N5O2.HI/c1-20-19(22-12-14-8-9-21-18(10-14)24(2)3)23-13-15-6-7-16(25-4)11-17(15)26-5;/h6-11H,12-13H2,1-5H3,(H2,20,22,23);1H. The lowest BCUT2D eigenvalue weighted by Gasteiger charge is -2.15.